The third kappa shape index (κ3) is 4.50. The van der Waals surface area contributed by atoms with E-state index < -0.39 is 11.3 Å². The normalized spacial score (nSPS) is 26.3. The predicted molar refractivity (Wildman–Crippen MR) is 58.3 cm³/mol. The topological polar surface area (TPSA) is 52.6 Å². The lowest BCUT2D eigenvalue weighted by Gasteiger charge is -2.33. The third-order valence-electron chi connectivity index (χ3n) is 2.79. The molecular formula is C9H20N2O2S. The van der Waals surface area contributed by atoms with E-state index in [1.807, 2.05) is 0 Å². The van der Waals surface area contributed by atoms with Crippen molar-refractivity contribution in [2.45, 2.75) is 38.6 Å². The summed E-state index contributed by atoms with van der Waals surface area (Å²) in [6.07, 6.45) is 4.87. The van der Waals surface area contributed by atoms with Crippen molar-refractivity contribution in [1.82, 2.24) is 9.62 Å². The van der Waals surface area contributed by atoms with E-state index in [0.29, 0.717) is 12.6 Å². The van der Waals surface area contributed by atoms with Crippen molar-refractivity contribution >= 4 is 11.3 Å². The van der Waals surface area contributed by atoms with Crippen LogP contribution in [0.15, 0.2) is 0 Å². The summed E-state index contributed by atoms with van der Waals surface area (Å²) < 4.78 is 21.3. The van der Waals surface area contributed by atoms with Crippen LogP contribution in [0.3, 0.4) is 0 Å². The molecule has 0 aromatic rings. The summed E-state index contributed by atoms with van der Waals surface area (Å²) in [5.74, 6) is 0. The van der Waals surface area contributed by atoms with Crippen molar-refractivity contribution in [2.75, 3.05) is 19.6 Å². The van der Waals surface area contributed by atoms with Gasteiger partial charge in [0.25, 0.3) is 0 Å². The van der Waals surface area contributed by atoms with Gasteiger partial charge in [-0.25, -0.2) is 8.93 Å². The summed E-state index contributed by atoms with van der Waals surface area (Å²) in [6.45, 7) is 5.10. The van der Waals surface area contributed by atoms with E-state index in [1.165, 1.54) is 25.8 Å². The number of piperidine rings is 1. The van der Waals surface area contributed by atoms with Crippen molar-refractivity contribution in [3.63, 3.8) is 0 Å². The van der Waals surface area contributed by atoms with Crippen LogP contribution < -0.4 is 4.72 Å². The summed E-state index contributed by atoms with van der Waals surface area (Å²) in [6, 6.07) is 0.684. The minimum atomic E-state index is -1.85. The molecule has 0 aliphatic carbocycles. The summed E-state index contributed by atoms with van der Waals surface area (Å²) in [7, 11) is 0. The number of likely N-dealkylation sites (tertiary alicyclic amines) is 1. The zero-order valence-corrected chi connectivity index (χ0v) is 9.55. The number of hydrogen-bond acceptors (Lipinski definition) is 2. The molecule has 4 nitrogen and oxygen atoms in total. The summed E-state index contributed by atoms with van der Waals surface area (Å²) in [5, 5.41) is 0. The maximum atomic E-state index is 10.3. The summed E-state index contributed by atoms with van der Waals surface area (Å²) >= 11 is -1.85. The van der Waals surface area contributed by atoms with E-state index >= 15 is 0 Å². The monoisotopic (exact) mass is 220 g/mol. The van der Waals surface area contributed by atoms with Gasteiger partial charge in [-0.3, -0.25) is 4.55 Å². The molecule has 2 N–H and O–H groups in total. The second-order valence-corrected chi connectivity index (χ2v) is 4.66. The number of nitrogens with zero attached hydrogens (tertiary/aromatic N) is 1. The average molecular weight is 220 g/mol. The highest BCUT2D eigenvalue weighted by Crippen LogP contribution is 2.15. The first kappa shape index (κ1) is 12.1. The number of rotatable bonds is 5. The SMILES string of the molecule is CC1CCCCN1CCCNS(=O)O. The fourth-order valence-corrected chi connectivity index (χ4v) is 2.25. The standard InChI is InChI=1S/C9H20N2O2S/c1-9-5-2-3-7-11(9)8-4-6-10-14(12)13/h9-10H,2-8H2,1H3,(H,12,13). The Bertz CT molecular complexity index is 190. The van der Waals surface area contributed by atoms with Crippen molar-refractivity contribution < 1.29 is 8.76 Å². The van der Waals surface area contributed by atoms with Gasteiger partial charge in [0.15, 0.2) is 0 Å². The minimum Gasteiger partial charge on any atom is -0.301 e. The average Bonchev–Trinajstić information content (AvgIpc) is 2.15. The van der Waals surface area contributed by atoms with Gasteiger partial charge in [0.05, 0.1) is 0 Å². The fraction of sp³-hybridized carbons (Fsp3) is 1.00. The lowest BCUT2D eigenvalue weighted by molar-refractivity contribution is 0.159. The molecule has 2 unspecified atom stereocenters. The maximum Gasteiger partial charge on any atom is 0.231 e. The molecular weight excluding hydrogens is 200 g/mol. The Hall–Kier alpha value is 0.0300. The van der Waals surface area contributed by atoms with Gasteiger partial charge in [0.1, 0.15) is 0 Å². The molecule has 0 saturated carbocycles. The molecule has 0 amide bonds. The van der Waals surface area contributed by atoms with Crippen molar-refractivity contribution in [3.8, 4) is 0 Å². The molecule has 1 heterocycles. The third-order valence-corrected chi connectivity index (χ3v) is 3.24. The zero-order chi connectivity index (χ0) is 10.4. The molecule has 84 valence electrons. The highest BCUT2D eigenvalue weighted by molar-refractivity contribution is 7.77. The van der Waals surface area contributed by atoms with Crippen molar-refractivity contribution in [2.24, 2.45) is 0 Å². The van der Waals surface area contributed by atoms with E-state index in [2.05, 4.69) is 16.5 Å². The van der Waals surface area contributed by atoms with Gasteiger partial charge in [-0.05, 0) is 39.3 Å². The Kier molecular flexibility index (Phi) is 5.62. The highest BCUT2D eigenvalue weighted by Gasteiger charge is 2.16. The van der Waals surface area contributed by atoms with Crippen LogP contribution in [0.4, 0.5) is 0 Å². The lowest BCUT2D eigenvalue weighted by atomic mass is 10.0. The fourth-order valence-electron chi connectivity index (χ4n) is 1.93. The van der Waals surface area contributed by atoms with Crippen molar-refractivity contribution in [1.29, 1.82) is 0 Å². The maximum absolute atomic E-state index is 10.3. The van der Waals surface area contributed by atoms with Crippen LogP contribution in [0.25, 0.3) is 0 Å². The summed E-state index contributed by atoms with van der Waals surface area (Å²) in [4.78, 5) is 2.46. The predicted octanol–water partition coefficient (Wildman–Crippen LogP) is 0.977. The molecule has 14 heavy (non-hydrogen) atoms. The molecule has 0 spiro atoms. The van der Waals surface area contributed by atoms with Gasteiger partial charge >= 0.3 is 0 Å². The van der Waals surface area contributed by atoms with Gasteiger partial charge < -0.3 is 4.90 Å². The van der Waals surface area contributed by atoms with E-state index in [1.54, 1.807) is 0 Å². The molecule has 1 fully saturated rings. The Balaban J connectivity index is 2.07. The molecule has 0 bridgehead atoms. The zero-order valence-electron chi connectivity index (χ0n) is 8.74. The van der Waals surface area contributed by atoms with E-state index in [0.717, 1.165) is 13.0 Å². The Morgan fingerprint density at radius 1 is 1.57 bits per heavy atom. The van der Waals surface area contributed by atoms with Crippen LogP contribution >= 0.6 is 0 Å². The van der Waals surface area contributed by atoms with E-state index in [4.69, 9.17) is 4.55 Å². The quantitative estimate of drug-likeness (QED) is 0.536. The van der Waals surface area contributed by atoms with E-state index in [-0.39, 0.29) is 0 Å². The first-order valence-corrected chi connectivity index (χ1v) is 6.39. The van der Waals surface area contributed by atoms with Crippen LogP contribution in [-0.2, 0) is 11.3 Å². The molecule has 0 aromatic carbocycles. The molecule has 1 rings (SSSR count). The summed E-state index contributed by atoms with van der Waals surface area (Å²) in [5.41, 5.74) is 0. The van der Waals surface area contributed by atoms with Crippen LogP contribution in [0.5, 0.6) is 0 Å². The van der Waals surface area contributed by atoms with Crippen LogP contribution in [-0.4, -0.2) is 39.3 Å². The second-order valence-electron chi connectivity index (χ2n) is 3.88. The molecule has 0 radical (unpaired) electrons. The Morgan fingerprint density at radius 3 is 3.00 bits per heavy atom. The smallest absolute Gasteiger partial charge is 0.231 e. The lowest BCUT2D eigenvalue weighted by Crippen LogP contribution is -2.38. The second kappa shape index (κ2) is 6.50. The van der Waals surface area contributed by atoms with Crippen LogP contribution in [0, 0.1) is 0 Å². The van der Waals surface area contributed by atoms with Gasteiger partial charge in [0.2, 0.25) is 11.3 Å². The van der Waals surface area contributed by atoms with Gasteiger partial charge in [-0.1, -0.05) is 6.42 Å². The minimum absolute atomic E-state index is 0.617. The molecule has 1 aliphatic rings. The molecule has 0 aromatic heterocycles. The van der Waals surface area contributed by atoms with Crippen LogP contribution in [0.2, 0.25) is 0 Å². The molecule has 2 atom stereocenters. The molecule has 1 aliphatic heterocycles. The van der Waals surface area contributed by atoms with Crippen molar-refractivity contribution in [3.05, 3.63) is 0 Å². The molecule has 1 saturated heterocycles. The van der Waals surface area contributed by atoms with E-state index in [9.17, 15) is 4.21 Å². The number of nitrogens with one attached hydrogen (secondary N) is 1. The van der Waals surface area contributed by atoms with Crippen LogP contribution in [0.1, 0.15) is 32.6 Å². The van der Waals surface area contributed by atoms with Gasteiger partial charge in [-0.2, -0.15) is 0 Å². The first-order chi connectivity index (χ1) is 6.70. The Labute approximate surface area is 88.5 Å². The number of hydrogen-bond donors (Lipinski definition) is 2. The highest BCUT2D eigenvalue weighted by atomic mass is 32.2. The largest absolute Gasteiger partial charge is 0.301 e. The molecule has 5 heteroatoms. The Morgan fingerprint density at radius 2 is 2.36 bits per heavy atom. The van der Waals surface area contributed by atoms with Gasteiger partial charge in [-0.15, -0.1) is 0 Å². The van der Waals surface area contributed by atoms with Gasteiger partial charge in [0, 0.05) is 12.6 Å². The first-order valence-electron chi connectivity index (χ1n) is 5.28.